The summed E-state index contributed by atoms with van der Waals surface area (Å²) >= 11 is 6.41. The summed E-state index contributed by atoms with van der Waals surface area (Å²) in [6, 6.07) is 17.9. The summed E-state index contributed by atoms with van der Waals surface area (Å²) < 4.78 is 34.4. The number of allylic oxidation sites excluding steroid dienone is 1. The molecule has 1 unspecified atom stereocenters. The van der Waals surface area contributed by atoms with Crippen molar-refractivity contribution in [1.29, 1.82) is 5.26 Å². The Bertz CT molecular complexity index is 1500. The van der Waals surface area contributed by atoms with Crippen molar-refractivity contribution in [3.8, 4) is 34.4 Å². The molecule has 0 bridgehead atoms. The average molecular weight is 552 g/mol. The Labute approximate surface area is 229 Å². The van der Waals surface area contributed by atoms with Crippen LogP contribution in [-0.4, -0.2) is 55.4 Å². The number of hydrogen-bond donors (Lipinski definition) is 1. The fourth-order valence-corrected chi connectivity index (χ4v) is 5.96. The van der Waals surface area contributed by atoms with Gasteiger partial charge in [-0.1, -0.05) is 42.4 Å². The number of nitriles is 1. The molecule has 9 heteroatoms. The molecule has 3 aromatic carbocycles. The molecule has 198 valence electrons. The van der Waals surface area contributed by atoms with E-state index in [0.29, 0.717) is 49.6 Å². The number of likely N-dealkylation sites (N-methyl/N-ethyl adjacent to an activating group) is 1. The van der Waals surface area contributed by atoms with E-state index in [-0.39, 0.29) is 6.10 Å². The lowest BCUT2D eigenvalue weighted by Gasteiger charge is -2.21. The van der Waals surface area contributed by atoms with Crippen LogP contribution in [-0.2, 0) is 9.71 Å². The first-order chi connectivity index (χ1) is 18.1. The lowest BCUT2D eigenvalue weighted by atomic mass is 10.0. The van der Waals surface area contributed by atoms with Gasteiger partial charge in [0.2, 0.25) is 0 Å². The van der Waals surface area contributed by atoms with Crippen molar-refractivity contribution in [3.63, 3.8) is 0 Å². The Morgan fingerprint density at radius 2 is 1.79 bits per heavy atom. The molecule has 1 aliphatic heterocycles. The first-order valence-corrected chi connectivity index (χ1v) is 14.0. The largest absolute Gasteiger partial charge is 0.493 e. The van der Waals surface area contributed by atoms with Crippen LogP contribution >= 0.6 is 11.6 Å². The smallest absolute Gasteiger partial charge is 0.162 e. The van der Waals surface area contributed by atoms with Crippen LogP contribution in [0.25, 0.3) is 16.7 Å². The Kier molecular flexibility index (Phi) is 8.22. The summed E-state index contributed by atoms with van der Waals surface area (Å²) in [4.78, 5) is 2.63. The molecule has 0 aromatic heterocycles. The van der Waals surface area contributed by atoms with Gasteiger partial charge in [-0.3, -0.25) is 0 Å². The van der Waals surface area contributed by atoms with Gasteiger partial charge < -0.3 is 23.8 Å². The van der Waals surface area contributed by atoms with Crippen molar-refractivity contribution >= 4 is 38.4 Å². The Morgan fingerprint density at radius 3 is 2.39 bits per heavy atom. The Morgan fingerprint density at radius 1 is 1.11 bits per heavy atom. The van der Waals surface area contributed by atoms with Crippen molar-refractivity contribution in [3.05, 3.63) is 71.8 Å². The maximum absolute atomic E-state index is 14.2. The number of anilines is 1. The zero-order chi connectivity index (χ0) is 27.4. The minimum Gasteiger partial charge on any atom is -0.493 e. The number of nitrogens with zero attached hydrogens (tertiary/aromatic N) is 2. The highest BCUT2D eigenvalue weighted by molar-refractivity contribution is 8.01. The molecular weight excluding hydrogens is 522 g/mol. The number of methoxy groups -OCH3 is 2. The number of hydrogen-bond acceptors (Lipinski definition) is 6. The second-order valence-corrected chi connectivity index (χ2v) is 11.5. The molecule has 3 aromatic rings. The van der Waals surface area contributed by atoms with Gasteiger partial charge in [-0.05, 0) is 48.7 Å². The van der Waals surface area contributed by atoms with Crippen LogP contribution in [0.4, 0.5) is 5.69 Å². The highest BCUT2D eigenvalue weighted by Crippen LogP contribution is 2.39. The van der Waals surface area contributed by atoms with Gasteiger partial charge in [0.25, 0.3) is 0 Å². The molecule has 1 saturated heterocycles. The quantitative estimate of drug-likeness (QED) is 0.269. The zero-order valence-corrected chi connectivity index (χ0v) is 23.2. The molecule has 0 spiro atoms. The minimum atomic E-state index is -3.11. The zero-order valence-electron chi connectivity index (χ0n) is 21.6. The molecule has 7 nitrogen and oxygen atoms in total. The van der Waals surface area contributed by atoms with Gasteiger partial charge in [-0.15, -0.1) is 0 Å². The predicted molar refractivity (Wildman–Crippen MR) is 155 cm³/mol. The van der Waals surface area contributed by atoms with Crippen molar-refractivity contribution in [2.45, 2.75) is 17.4 Å². The summed E-state index contributed by atoms with van der Waals surface area (Å²) in [6.07, 6.45) is 0.945. The van der Waals surface area contributed by atoms with Crippen LogP contribution in [0.3, 0.4) is 0 Å². The summed E-state index contributed by atoms with van der Waals surface area (Å²) in [5, 5.41) is 9.64. The van der Waals surface area contributed by atoms with Gasteiger partial charge in [0.05, 0.1) is 45.5 Å². The molecule has 2 atom stereocenters. The van der Waals surface area contributed by atoms with Gasteiger partial charge >= 0.3 is 0 Å². The SMILES string of the molecule is C=C(C#N)c1ccc(-c2cc(OC)c(OC)cc2S(=C)(=O)Nc2ccc(Cl)c(O[C@@H]3CCN(C)C3)c2)cc1. The van der Waals surface area contributed by atoms with E-state index in [2.05, 4.69) is 35.2 Å². The Hall–Kier alpha value is -3.64. The van der Waals surface area contributed by atoms with Gasteiger partial charge in [-0.25, -0.2) is 4.21 Å². The maximum atomic E-state index is 14.2. The number of benzene rings is 3. The molecule has 1 aliphatic rings. The van der Waals surface area contributed by atoms with Gasteiger partial charge in [-0.2, -0.15) is 5.26 Å². The van der Waals surface area contributed by atoms with Crippen LogP contribution in [0.15, 0.2) is 66.1 Å². The summed E-state index contributed by atoms with van der Waals surface area (Å²) in [5.74, 6) is 5.48. The molecule has 0 radical (unpaired) electrons. The second-order valence-electron chi connectivity index (χ2n) is 9.08. The van der Waals surface area contributed by atoms with E-state index in [1.54, 1.807) is 49.6 Å². The first kappa shape index (κ1) is 27.4. The molecule has 38 heavy (non-hydrogen) atoms. The van der Waals surface area contributed by atoms with Crippen LogP contribution in [0, 0.1) is 11.3 Å². The van der Waals surface area contributed by atoms with Crippen LogP contribution in [0.5, 0.6) is 17.2 Å². The highest BCUT2D eigenvalue weighted by Gasteiger charge is 2.23. The molecule has 4 rings (SSSR count). The summed E-state index contributed by atoms with van der Waals surface area (Å²) in [7, 11) is 2.00. The number of halogens is 1. The summed E-state index contributed by atoms with van der Waals surface area (Å²) in [5.41, 5.74) is 3.02. The van der Waals surface area contributed by atoms with E-state index >= 15 is 0 Å². The molecule has 0 saturated carbocycles. The maximum Gasteiger partial charge on any atom is 0.162 e. The lowest BCUT2D eigenvalue weighted by molar-refractivity contribution is 0.208. The first-order valence-electron chi connectivity index (χ1n) is 11.9. The molecule has 0 amide bonds. The minimum absolute atomic E-state index is 0.0365. The lowest BCUT2D eigenvalue weighted by Crippen LogP contribution is -2.21. The van der Waals surface area contributed by atoms with Crippen molar-refractivity contribution in [2.24, 2.45) is 0 Å². The van der Waals surface area contributed by atoms with Crippen molar-refractivity contribution in [1.82, 2.24) is 4.90 Å². The normalized spacial score (nSPS) is 16.8. The number of ether oxygens (including phenoxy) is 3. The third-order valence-corrected chi connectivity index (χ3v) is 8.30. The number of rotatable bonds is 9. The third-order valence-electron chi connectivity index (χ3n) is 6.38. The number of nitrogens with one attached hydrogen (secondary N) is 1. The van der Waals surface area contributed by atoms with Crippen molar-refractivity contribution in [2.75, 3.05) is 39.1 Å². The Balaban J connectivity index is 1.72. The molecule has 1 N–H and O–H groups in total. The average Bonchev–Trinajstić information content (AvgIpc) is 3.33. The molecule has 1 heterocycles. The van der Waals surface area contributed by atoms with E-state index in [1.807, 2.05) is 12.1 Å². The highest BCUT2D eigenvalue weighted by atomic mass is 35.5. The fraction of sp³-hybridized carbons (Fsp3) is 0.241. The van der Waals surface area contributed by atoms with Crippen LogP contribution < -0.4 is 18.9 Å². The van der Waals surface area contributed by atoms with E-state index in [4.69, 9.17) is 31.1 Å². The van der Waals surface area contributed by atoms with Gasteiger partial charge in [0, 0.05) is 36.5 Å². The predicted octanol–water partition coefficient (Wildman–Crippen LogP) is 5.75. The van der Waals surface area contributed by atoms with E-state index in [0.717, 1.165) is 25.1 Å². The van der Waals surface area contributed by atoms with Gasteiger partial charge in [0.1, 0.15) is 11.9 Å². The monoisotopic (exact) mass is 551 g/mol. The molecular formula is C29H30ClN3O4S. The van der Waals surface area contributed by atoms with E-state index in [9.17, 15) is 4.21 Å². The topological polar surface area (TPSA) is 83.8 Å². The molecule has 0 aliphatic carbocycles. The van der Waals surface area contributed by atoms with E-state index < -0.39 is 9.71 Å². The van der Waals surface area contributed by atoms with Crippen LogP contribution in [0.2, 0.25) is 5.02 Å². The second kappa shape index (κ2) is 11.4. The number of likely N-dealkylation sites (tertiary alicyclic amines) is 1. The van der Waals surface area contributed by atoms with Crippen LogP contribution in [0.1, 0.15) is 12.0 Å². The summed E-state index contributed by atoms with van der Waals surface area (Å²) in [6.45, 7) is 5.54. The fourth-order valence-electron chi connectivity index (χ4n) is 4.35. The molecule has 1 fully saturated rings. The van der Waals surface area contributed by atoms with E-state index in [1.165, 1.54) is 7.11 Å². The standard InChI is InChI=1S/C29H30ClN3O4S/c1-19(17-31)20-6-8-21(9-7-20)24-15-27(35-3)28(36-4)16-29(24)38(5,34)32-22-10-11-25(30)26(14-22)37-23-12-13-33(2)18-23/h6-11,14-16,23H,1,5,12-13,18H2,2-4H3,(H,32,34)/t23-,38?/m1/s1. The van der Waals surface area contributed by atoms with Gasteiger partial charge in [0.15, 0.2) is 11.5 Å². The van der Waals surface area contributed by atoms with Crippen molar-refractivity contribution < 1.29 is 18.4 Å². The third kappa shape index (κ3) is 5.91.